The molecule has 1 aliphatic heterocycles. The van der Waals surface area contributed by atoms with E-state index in [1.165, 1.54) is 35.3 Å². The number of amides is 2. The molecule has 2 amide bonds. The Morgan fingerprint density at radius 3 is 2.61 bits per heavy atom. The lowest BCUT2D eigenvalue weighted by Crippen LogP contribution is -2.24. The minimum atomic E-state index is -0.500. The molecule has 1 saturated heterocycles. The van der Waals surface area contributed by atoms with Gasteiger partial charge in [0.2, 0.25) is 5.91 Å². The standard InChI is InChI=1S/C19H15ClFN5O2/c20-15-8-7-14(25-9-1-2-18(25)27)10-16(15)23-19(28)17-11-22-26(24-17)13-5-3-12(21)4-6-13/h3-8,10-11H,1-2,9H2,(H,23,28). The number of anilines is 2. The van der Waals surface area contributed by atoms with Crippen molar-refractivity contribution in [1.82, 2.24) is 15.0 Å². The zero-order valence-corrected chi connectivity index (χ0v) is 15.4. The van der Waals surface area contributed by atoms with Gasteiger partial charge in [-0.1, -0.05) is 11.6 Å². The van der Waals surface area contributed by atoms with Crippen molar-refractivity contribution in [3.63, 3.8) is 0 Å². The summed E-state index contributed by atoms with van der Waals surface area (Å²) in [6.45, 7) is 0.639. The van der Waals surface area contributed by atoms with Crippen molar-refractivity contribution in [3.05, 3.63) is 65.2 Å². The molecule has 142 valence electrons. The summed E-state index contributed by atoms with van der Waals surface area (Å²) in [5.74, 6) is -0.832. The second-order valence-electron chi connectivity index (χ2n) is 6.26. The predicted molar refractivity (Wildman–Crippen MR) is 102 cm³/mol. The average Bonchev–Trinajstić information content (AvgIpc) is 3.33. The number of carbonyl (C=O) groups is 2. The Bertz CT molecular complexity index is 1050. The maximum absolute atomic E-state index is 13.0. The van der Waals surface area contributed by atoms with Crippen LogP contribution in [0.1, 0.15) is 23.3 Å². The summed E-state index contributed by atoms with van der Waals surface area (Å²) in [4.78, 5) is 27.4. The number of nitrogens with zero attached hydrogens (tertiary/aromatic N) is 4. The van der Waals surface area contributed by atoms with Gasteiger partial charge < -0.3 is 10.2 Å². The van der Waals surface area contributed by atoms with Gasteiger partial charge in [-0.25, -0.2) is 4.39 Å². The Morgan fingerprint density at radius 2 is 1.89 bits per heavy atom. The highest BCUT2D eigenvalue weighted by Crippen LogP contribution is 2.30. The number of hydrogen-bond donors (Lipinski definition) is 1. The van der Waals surface area contributed by atoms with E-state index in [0.29, 0.717) is 35.1 Å². The molecule has 1 aromatic heterocycles. The molecular formula is C19H15ClFN5O2. The first-order valence-corrected chi connectivity index (χ1v) is 8.98. The van der Waals surface area contributed by atoms with Crippen LogP contribution >= 0.6 is 11.6 Å². The minimum absolute atomic E-state index is 0.0434. The molecule has 28 heavy (non-hydrogen) atoms. The van der Waals surface area contributed by atoms with Crippen LogP contribution in [0.3, 0.4) is 0 Å². The highest BCUT2D eigenvalue weighted by Gasteiger charge is 2.23. The molecule has 0 aliphatic carbocycles. The molecule has 3 aromatic rings. The highest BCUT2D eigenvalue weighted by atomic mass is 35.5. The summed E-state index contributed by atoms with van der Waals surface area (Å²) in [5, 5.41) is 11.2. The topological polar surface area (TPSA) is 80.1 Å². The minimum Gasteiger partial charge on any atom is -0.319 e. The van der Waals surface area contributed by atoms with Gasteiger partial charge in [0, 0.05) is 18.7 Å². The lowest BCUT2D eigenvalue weighted by atomic mass is 10.2. The lowest BCUT2D eigenvalue weighted by Gasteiger charge is -2.17. The Labute approximate surface area is 164 Å². The van der Waals surface area contributed by atoms with Gasteiger partial charge >= 0.3 is 0 Å². The number of benzene rings is 2. The normalized spacial score (nSPS) is 13.8. The molecule has 0 atom stereocenters. The molecular weight excluding hydrogens is 385 g/mol. The zero-order valence-electron chi connectivity index (χ0n) is 14.6. The Hall–Kier alpha value is -3.26. The Kier molecular flexibility index (Phi) is 4.79. The molecule has 9 heteroatoms. The quantitative estimate of drug-likeness (QED) is 0.728. The lowest BCUT2D eigenvalue weighted by molar-refractivity contribution is -0.117. The molecule has 0 spiro atoms. The van der Waals surface area contributed by atoms with Crippen molar-refractivity contribution in [2.75, 3.05) is 16.8 Å². The van der Waals surface area contributed by atoms with Crippen molar-refractivity contribution in [2.45, 2.75) is 12.8 Å². The SMILES string of the molecule is O=C(Nc1cc(N2CCCC2=O)ccc1Cl)c1cnn(-c2ccc(F)cc2)n1. The number of rotatable bonds is 4. The third-order valence-corrected chi connectivity index (χ3v) is 4.69. The number of hydrogen-bond acceptors (Lipinski definition) is 4. The fraction of sp³-hybridized carbons (Fsp3) is 0.158. The van der Waals surface area contributed by atoms with Gasteiger partial charge in [0.1, 0.15) is 5.82 Å². The summed E-state index contributed by atoms with van der Waals surface area (Å²) < 4.78 is 13.0. The molecule has 4 rings (SSSR count). The van der Waals surface area contributed by atoms with E-state index in [9.17, 15) is 14.0 Å². The number of aromatic nitrogens is 3. The van der Waals surface area contributed by atoms with Crippen LogP contribution in [0.5, 0.6) is 0 Å². The van der Waals surface area contributed by atoms with Crippen molar-refractivity contribution < 1.29 is 14.0 Å². The Balaban J connectivity index is 1.54. The molecule has 1 N–H and O–H groups in total. The average molecular weight is 400 g/mol. The maximum atomic E-state index is 13.0. The molecule has 0 saturated carbocycles. The fourth-order valence-electron chi connectivity index (χ4n) is 2.95. The second-order valence-corrected chi connectivity index (χ2v) is 6.67. The monoisotopic (exact) mass is 399 g/mol. The van der Waals surface area contributed by atoms with E-state index >= 15 is 0 Å². The van der Waals surface area contributed by atoms with E-state index < -0.39 is 5.91 Å². The van der Waals surface area contributed by atoms with Crippen LogP contribution in [-0.2, 0) is 4.79 Å². The van der Waals surface area contributed by atoms with E-state index in [-0.39, 0.29) is 17.4 Å². The Morgan fingerprint density at radius 1 is 1.14 bits per heavy atom. The zero-order chi connectivity index (χ0) is 19.7. The van der Waals surface area contributed by atoms with Gasteiger partial charge in [-0.3, -0.25) is 9.59 Å². The molecule has 2 aromatic carbocycles. The third-order valence-electron chi connectivity index (χ3n) is 4.37. The van der Waals surface area contributed by atoms with Gasteiger partial charge in [-0.2, -0.15) is 9.90 Å². The van der Waals surface area contributed by atoms with Crippen LogP contribution in [0.15, 0.2) is 48.7 Å². The van der Waals surface area contributed by atoms with Gasteiger partial charge in [-0.15, -0.1) is 5.10 Å². The van der Waals surface area contributed by atoms with Crippen molar-refractivity contribution >= 4 is 34.8 Å². The van der Waals surface area contributed by atoms with Gasteiger partial charge in [0.15, 0.2) is 5.69 Å². The summed E-state index contributed by atoms with van der Waals surface area (Å²) in [7, 11) is 0. The van der Waals surface area contributed by atoms with Crippen molar-refractivity contribution in [1.29, 1.82) is 0 Å². The van der Waals surface area contributed by atoms with Crippen LogP contribution in [0.2, 0.25) is 5.02 Å². The van der Waals surface area contributed by atoms with Crippen LogP contribution in [0.4, 0.5) is 15.8 Å². The van der Waals surface area contributed by atoms with E-state index in [1.807, 2.05) is 0 Å². The molecule has 1 fully saturated rings. The van der Waals surface area contributed by atoms with Crippen molar-refractivity contribution in [2.24, 2.45) is 0 Å². The molecule has 2 heterocycles. The van der Waals surface area contributed by atoms with Gasteiger partial charge in [-0.05, 0) is 48.9 Å². The summed E-state index contributed by atoms with van der Waals surface area (Å²) in [6.07, 6.45) is 2.62. The van der Waals surface area contributed by atoms with E-state index in [1.54, 1.807) is 23.1 Å². The van der Waals surface area contributed by atoms with Crippen LogP contribution in [0, 0.1) is 5.82 Å². The van der Waals surface area contributed by atoms with E-state index in [2.05, 4.69) is 15.5 Å². The van der Waals surface area contributed by atoms with Crippen molar-refractivity contribution in [3.8, 4) is 5.69 Å². The summed E-state index contributed by atoms with van der Waals surface area (Å²) >= 11 is 6.19. The van der Waals surface area contributed by atoms with Gasteiger partial charge in [0.25, 0.3) is 5.91 Å². The molecule has 0 radical (unpaired) electrons. The fourth-order valence-corrected chi connectivity index (χ4v) is 3.12. The van der Waals surface area contributed by atoms with E-state index in [4.69, 9.17) is 11.6 Å². The highest BCUT2D eigenvalue weighted by molar-refractivity contribution is 6.34. The van der Waals surface area contributed by atoms with Gasteiger partial charge in [0.05, 0.1) is 22.6 Å². The number of nitrogens with one attached hydrogen (secondary N) is 1. The molecule has 0 unspecified atom stereocenters. The first kappa shape index (κ1) is 18.1. The number of halogens is 2. The van der Waals surface area contributed by atoms with Crippen LogP contribution in [-0.4, -0.2) is 33.4 Å². The molecule has 1 aliphatic rings. The first-order valence-electron chi connectivity index (χ1n) is 8.61. The second kappa shape index (κ2) is 7.40. The largest absolute Gasteiger partial charge is 0.319 e. The predicted octanol–water partition coefficient (Wildman–Crippen LogP) is 3.44. The first-order chi connectivity index (χ1) is 13.5. The number of carbonyl (C=O) groups excluding carboxylic acids is 2. The molecule has 0 bridgehead atoms. The van der Waals surface area contributed by atoms with Crippen LogP contribution in [0.25, 0.3) is 5.69 Å². The maximum Gasteiger partial charge on any atom is 0.277 e. The molecule has 7 nitrogen and oxygen atoms in total. The van der Waals surface area contributed by atoms with E-state index in [0.717, 1.165) is 6.42 Å². The van der Waals surface area contributed by atoms with Crippen LogP contribution < -0.4 is 10.2 Å². The summed E-state index contributed by atoms with van der Waals surface area (Å²) in [6, 6.07) is 10.6. The third kappa shape index (κ3) is 3.59. The smallest absolute Gasteiger partial charge is 0.277 e. The summed E-state index contributed by atoms with van der Waals surface area (Å²) in [5.41, 5.74) is 1.65.